The highest BCUT2D eigenvalue weighted by atomic mass is 16.5. The standard InChI is InChI=1S/C21H18N4O3/c1-14-4-6-15(7-5-14)21-13-17-16(3-2-9-22-17)19(26)24(21)11-12-25(21)20(27)18-8-10-23-28-18/h2-10H,11-13H2,1H3. The van der Waals surface area contributed by atoms with Crippen molar-refractivity contribution in [3.8, 4) is 0 Å². The van der Waals surface area contributed by atoms with Crippen LogP contribution in [0.5, 0.6) is 0 Å². The molecular formula is C21H18N4O3. The summed E-state index contributed by atoms with van der Waals surface area (Å²) in [6.07, 6.45) is 3.56. The van der Waals surface area contributed by atoms with E-state index in [0.29, 0.717) is 30.8 Å². The lowest BCUT2D eigenvalue weighted by molar-refractivity contribution is 0.00514. The summed E-state index contributed by atoms with van der Waals surface area (Å²) in [5.74, 6) is -0.233. The molecule has 1 atom stereocenters. The van der Waals surface area contributed by atoms with Crippen LogP contribution in [-0.2, 0) is 12.1 Å². The van der Waals surface area contributed by atoms with E-state index in [9.17, 15) is 9.59 Å². The molecule has 1 unspecified atom stereocenters. The molecule has 0 bridgehead atoms. The summed E-state index contributed by atoms with van der Waals surface area (Å²) in [5, 5.41) is 3.66. The lowest BCUT2D eigenvalue weighted by Crippen LogP contribution is -2.58. The van der Waals surface area contributed by atoms with Gasteiger partial charge in [0.2, 0.25) is 5.76 Å². The fourth-order valence-corrected chi connectivity index (χ4v) is 4.29. The summed E-state index contributed by atoms with van der Waals surface area (Å²) < 4.78 is 5.12. The van der Waals surface area contributed by atoms with Gasteiger partial charge in [0.1, 0.15) is 5.66 Å². The first-order valence-electron chi connectivity index (χ1n) is 9.17. The van der Waals surface area contributed by atoms with Gasteiger partial charge in [-0.15, -0.1) is 0 Å². The van der Waals surface area contributed by atoms with Crippen molar-refractivity contribution in [3.63, 3.8) is 0 Å². The third kappa shape index (κ3) is 2.22. The molecule has 3 aromatic rings. The topological polar surface area (TPSA) is 79.5 Å². The van der Waals surface area contributed by atoms with Gasteiger partial charge in [-0.1, -0.05) is 35.0 Å². The molecule has 140 valence electrons. The largest absolute Gasteiger partial charge is 0.351 e. The van der Waals surface area contributed by atoms with Crippen molar-refractivity contribution in [1.29, 1.82) is 0 Å². The Morgan fingerprint density at radius 1 is 1.11 bits per heavy atom. The van der Waals surface area contributed by atoms with Crippen LogP contribution < -0.4 is 0 Å². The molecule has 1 fully saturated rings. The zero-order valence-electron chi connectivity index (χ0n) is 15.3. The van der Waals surface area contributed by atoms with E-state index >= 15 is 0 Å². The zero-order valence-corrected chi connectivity index (χ0v) is 15.3. The van der Waals surface area contributed by atoms with E-state index in [2.05, 4.69) is 10.1 Å². The molecular weight excluding hydrogens is 356 g/mol. The van der Waals surface area contributed by atoms with Crippen LogP contribution in [0.2, 0.25) is 0 Å². The summed E-state index contributed by atoms with van der Waals surface area (Å²) in [6.45, 7) is 2.86. The second-order valence-corrected chi connectivity index (χ2v) is 7.15. The molecule has 1 saturated heterocycles. The van der Waals surface area contributed by atoms with E-state index in [1.807, 2.05) is 31.2 Å². The number of hydrogen-bond acceptors (Lipinski definition) is 5. The monoisotopic (exact) mass is 374 g/mol. The molecule has 0 spiro atoms. The van der Waals surface area contributed by atoms with Gasteiger partial charge in [0.05, 0.1) is 17.5 Å². The van der Waals surface area contributed by atoms with Gasteiger partial charge in [0.15, 0.2) is 0 Å². The van der Waals surface area contributed by atoms with E-state index in [-0.39, 0.29) is 17.6 Å². The number of aryl methyl sites for hydroxylation is 1. The van der Waals surface area contributed by atoms with Crippen LogP contribution in [0.15, 0.2) is 59.4 Å². The predicted molar refractivity (Wildman–Crippen MR) is 99.4 cm³/mol. The van der Waals surface area contributed by atoms with Gasteiger partial charge in [-0.05, 0) is 24.6 Å². The van der Waals surface area contributed by atoms with E-state index < -0.39 is 5.66 Å². The molecule has 2 aliphatic rings. The van der Waals surface area contributed by atoms with Crippen molar-refractivity contribution in [1.82, 2.24) is 19.9 Å². The number of pyridine rings is 1. The second kappa shape index (κ2) is 6.02. The Morgan fingerprint density at radius 2 is 1.93 bits per heavy atom. The summed E-state index contributed by atoms with van der Waals surface area (Å²) in [6, 6.07) is 13.1. The van der Waals surface area contributed by atoms with E-state index in [1.165, 1.54) is 6.20 Å². The molecule has 2 aliphatic heterocycles. The Kier molecular flexibility index (Phi) is 3.58. The third-order valence-corrected chi connectivity index (χ3v) is 5.63. The van der Waals surface area contributed by atoms with Crippen molar-refractivity contribution in [2.45, 2.75) is 19.0 Å². The average molecular weight is 374 g/mol. The summed E-state index contributed by atoms with van der Waals surface area (Å²) in [7, 11) is 0. The van der Waals surface area contributed by atoms with Gasteiger partial charge in [-0.25, -0.2) is 0 Å². The lowest BCUT2D eigenvalue weighted by atomic mass is 9.85. The van der Waals surface area contributed by atoms with Crippen LogP contribution >= 0.6 is 0 Å². The minimum atomic E-state index is -0.935. The lowest BCUT2D eigenvalue weighted by Gasteiger charge is -2.46. The number of carbonyl (C=O) groups is 2. The zero-order chi connectivity index (χ0) is 19.3. The maximum absolute atomic E-state index is 13.3. The molecule has 0 saturated carbocycles. The Morgan fingerprint density at radius 3 is 2.68 bits per heavy atom. The van der Waals surface area contributed by atoms with Crippen LogP contribution in [0.1, 0.15) is 37.7 Å². The highest BCUT2D eigenvalue weighted by Gasteiger charge is 2.56. The second-order valence-electron chi connectivity index (χ2n) is 7.15. The number of amides is 2. The number of hydrogen-bond donors (Lipinski definition) is 0. The average Bonchev–Trinajstić information content (AvgIpc) is 3.37. The number of rotatable bonds is 2. The van der Waals surface area contributed by atoms with E-state index in [4.69, 9.17) is 4.52 Å². The molecule has 0 radical (unpaired) electrons. The van der Waals surface area contributed by atoms with Crippen molar-refractivity contribution >= 4 is 11.8 Å². The van der Waals surface area contributed by atoms with Gasteiger partial charge in [-0.3, -0.25) is 14.6 Å². The molecule has 4 heterocycles. The molecule has 5 rings (SSSR count). The van der Waals surface area contributed by atoms with Crippen molar-refractivity contribution in [2.75, 3.05) is 13.1 Å². The third-order valence-electron chi connectivity index (χ3n) is 5.63. The quantitative estimate of drug-likeness (QED) is 0.688. The fraction of sp³-hybridized carbons (Fsp3) is 0.238. The molecule has 7 heteroatoms. The van der Waals surface area contributed by atoms with Gasteiger partial charge in [0.25, 0.3) is 11.8 Å². The predicted octanol–water partition coefficient (Wildman–Crippen LogP) is 2.39. The SMILES string of the molecule is Cc1ccc(C23Cc4ncccc4C(=O)N2CCN3C(=O)c2ccno2)cc1. The summed E-state index contributed by atoms with van der Waals surface area (Å²) in [5.41, 5.74) is 2.35. The van der Waals surface area contributed by atoms with Crippen molar-refractivity contribution in [2.24, 2.45) is 0 Å². The van der Waals surface area contributed by atoms with Gasteiger partial charge < -0.3 is 14.3 Å². The maximum atomic E-state index is 13.3. The number of nitrogens with zero attached hydrogens (tertiary/aromatic N) is 4. The molecule has 2 amide bonds. The highest BCUT2D eigenvalue weighted by Crippen LogP contribution is 2.44. The number of carbonyl (C=O) groups excluding carboxylic acids is 2. The Balaban J connectivity index is 1.71. The smallest absolute Gasteiger partial charge is 0.294 e. The molecule has 0 aliphatic carbocycles. The van der Waals surface area contributed by atoms with Crippen LogP contribution in [-0.4, -0.2) is 44.8 Å². The van der Waals surface area contributed by atoms with Gasteiger partial charge in [-0.2, -0.15) is 0 Å². The Hall–Kier alpha value is -3.48. The molecule has 28 heavy (non-hydrogen) atoms. The number of benzene rings is 1. The van der Waals surface area contributed by atoms with Crippen molar-refractivity contribution < 1.29 is 14.1 Å². The minimum absolute atomic E-state index is 0.109. The van der Waals surface area contributed by atoms with Crippen LogP contribution in [0.3, 0.4) is 0 Å². The number of aromatic nitrogens is 2. The van der Waals surface area contributed by atoms with E-state index in [0.717, 1.165) is 11.1 Å². The van der Waals surface area contributed by atoms with Crippen molar-refractivity contribution in [3.05, 3.63) is 83.0 Å². The summed E-state index contributed by atoms with van der Waals surface area (Å²) in [4.78, 5) is 34.5. The minimum Gasteiger partial charge on any atom is -0.351 e. The van der Waals surface area contributed by atoms with Crippen LogP contribution in [0, 0.1) is 6.92 Å². The molecule has 2 aromatic heterocycles. The number of fused-ring (bicyclic) bond motifs is 2. The van der Waals surface area contributed by atoms with Gasteiger partial charge >= 0.3 is 0 Å². The van der Waals surface area contributed by atoms with E-state index in [1.54, 1.807) is 34.2 Å². The Labute approximate surface area is 161 Å². The highest BCUT2D eigenvalue weighted by molar-refractivity contribution is 5.99. The summed E-state index contributed by atoms with van der Waals surface area (Å²) >= 11 is 0. The van der Waals surface area contributed by atoms with Crippen LogP contribution in [0.4, 0.5) is 0 Å². The maximum Gasteiger partial charge on any atom is 0.294 e. The van der Waals surface area contributed by atoms with Gasteiger partial charge in [0, 0.05) is 31.8 Å². The fourth-order valence-electron chi connectivity index (χ4n) is 4.29. The molecule has 1 aromatic carbocycles. The van der Waals surface area contributed by atoms with Crippen LogP contribution in [0.25, 0.3) is 0 Å². The molecule has 7 nitrogen and oxygen atoms in total. The molecule has 0 N–H and O–H groups in total. The first-order chi connectivity index (χ1) is 13.6. The normalized spacial score (nSPS) is 20.8. The first kappa shape index (κ1) is 16.7. The first-order valence-corrected chi connectivity index (χ1v) is 9.17. The Bertz CT molecular complexity index is 1060.